The number of aromatic carboxylic acids is 1. The summed E-state index contributed by atoms with van der Waals surface area (Å²) in [4.78, 5) is 51.1. The molecular formula is C20H20N2O5. The molecule has 0 saturated heterocycles. The number of pyridine rings is 1. The van der Waals surface area contributed by atoms with Crippen molar-refractivity contribution in [1.82, 2.24) is 4.98 Å². The SMILES string of the molecule is Cc1ccc(NC(=O)c2cc3c([nH]c2=O)CC(C)(C)CC3=O)cc1C(=O)O. The molecule has 2 aromatic rings. The predicted molar refractivity (Wildman–Crippen MR) is 99.6 cm³/mol. The van der Waals surface area contributed by atoms with Gasteiger partial charge >= 0.3 is 5.97 Å². The van der Waals surface area contributed by atoms with Crippen LogP contribution in [-0.2, 0) is 6.42 Å². The van der Waals surface area contributed by atoms with Crippen molar-refractivity contribution in [2.45, 2.75) is 33.6 Å². The molecule has 3 rings (SSSR count). The van der Waals surface area contributed by atoms with Crippen LogP contribution in [0.1, 0.15) is 62.6 Å². The van der Waals surface area contributed by atoms with Crippen LogP contribution in [0.25, 0.3) is 0 Å². The van der Waals surface area contributed by atoms with Gasteiger partial charge in [-0.05, 0) is 42.5 Å². The average Bonchev–Trinajstić information content (AvgIpc) is 2.54. The van der Waals surface area contributed by atoms with Crippen molar-refractivity contribution in [3.05, 3.63) is 62.6 Å². The Balaban J connectivity index is 1.94. The van der Waals surface area contributed by atoms with Gasteiger partial charge in [-0.1, -0.05) is 19.9 Å². The number of hydrogen-bond acceptors (Lipinski definition) is 4. The molecule has 1 aromatic heterocycles. The molecule has 0 fully saturated rings. The monoisotopic (exact) mass is 368 g/mol. The normalized spacial score (nSPS) is 15.1. The van der Waals surface area contributed by atoms with Crippen molar-refractivity contribution in [3.8, 4) is 0 Å². The van der Waals surface area contributed by atoms with Crippen LogP contribution in [0.3, 0.4) is 0 Å². The summed E-state index contributed by atoms with van der Waals surface area (Å²) in [6, 6.07) is 5.78. The average molecular weight is 368 g/mol. The van der Waals surface area contributed by atoms with Crippen LogP contribution in [0.5, 0.6) is 0 Å². The second-order valence-electron chi connectivity index (χ2n) is 7.63. The number of anilines is 1. The summed E-state index contributed by atoms with van der Waals surface area (Å²) in [5.41, 5.74) is 0.765. The van der Waals surface area contributed by atoms with Crippen LogP contribution in [0.2, 0.25) is 0 Å². The minimum atomic E-state index is -1.11. The van der Waals surface area contributed by atoms with E-state index in [1.54, 1.807) is 19.1 Å². The number of rotatable bonds is 3. The van der Waals surface area contributed by atoms with Gasteiger partial charge in [0.2, 0.25) is 0 Å². The van der Waals surface area contributed by atoms with Crippen molar-refractivity contribution in [1.29, 1.82) is 0 Å². The number of aromatic nitrogens is 1. The molecule has 0 radical (unpaired) electrons. The first-order valence-corrected chi connectivity index (χ1v) is 8.52. The number of carboxylic acids is 1. The summed E-state index contributed by atoms with van der Waals surface area (Å²) in [5, 5.41) is 11.7. The van der Waals surface area contributed by atoms with Crippen molar-refractivity contribution >= 4 is 23.3 Å². The van der Waals surface area contributed by atoms with E-state index in [1.807, 2.05) is 13.8 Å². The molecule has 1 aliphatic rings. The third-order valence-electron chi connectivity index (χ3n) is 4.69. The van der Waals surface area contributed by atoms with Crippen LogP contribution < -0.4 is 10.9 Å². The molecule has 1 amide bonds. The Morgan fingerprint density at radius 2 is 1.81 bits per heavy atom. The van der Waals surface area contributed by atoms with Gasteiger partial charge in [-0.2, -0.15) is 0 Å². The molecule has 1 aromatic carbocycles. The van der Waals surface area contributed by atoms with Gasteiger partial charge in [0.15, 0.2) is 5.78 Å². The fourth-order valence-electron chi connectivity index (χ4n) is 3.33. The minimum absolute atomic E-state index is 0.0598. The maximum absolute atomic E-state index is 12.5. The zero-order valence-electron chi connectivity index (χ0n) is 15.3. The van der Waals surface area contributed by atoms with Gasteiger partial charge in [0.25, 0.3) is 11.5 Å². The number of Topliss-reactive ketones (excluding diaryl/α,β-unsaturated/α-hetero) is 1. The fraction of sp³-hybridized carbons (Fsp3) is 0.300. The topological polar surface area (TPSA) is 116 Å². The van der Waals surface area contributed by atoms with E-state index in [2.05, 4.69) is 10.3 Å². The van der Waals surface area contributed by atoms with Gasteiger partial charge in [-0.15, -0.1) is 0 Å². The molecule has 0 spiro atoms. The van der Waals surface area contributed by atoms with Crippen molar-refractivity contribution in [3.63, 3.8) is 0 Å². The second-order valence-corrected chi connectivity index (χ2v) is 7.63. The smallest absolute Gasteiger partial charge is 0.336 e. The lowest BCUT2D eigenvalue weighted by Crippen LogP contribution is -2.32. The molecule has 27 heavy (non-hydrogen) atoms. The number of carboxylic acid groups (broad SMARTS) is 1. The van der Waals surface area contributed by atoms with Gasteiger partial charge < -0.3 is 15.4 Å². The number of aromatic amines is 1. The first kappa shape index (κ1) is 18.6. The number of carbonyl (C=O) groups is 3. The molecular weight excluding hydrogens is 348 g/mol. The van der Waals surface area contributed by atoms with Crippen LogP contribution >= 0.6 is 0 Å². The van der Waals surface area contributed by atoms with E-state index in [4.69, 9.17) is 0 Å². The summed E-state index contributed by atoms with van der Waals surface area (Å²) in [7, 11) is 0. The van der Waals surface area contributed by atoms with Crippen molar-refractivity contribution in [2.24, 2.45) is 5.41 Å². The van der Waals surface area contributed by atoms with Crippen LogP contribution in [-0.4, -0.2) is 27.8 Å². The van der Waals surface area contributed by atoms with E-state index in [0.29, 0.717) is 29.7 Å². The molecule has 0 bridgehead atoms. The number of amides is 1. The quantitative estimate of drug-likeness (QED) is 0.770. The summed E-state index contributed by atoms with van der Waals surface area (Å²) in [6.07, 6.45) is 0.887. The van der Waals surface area contributed by atoms with Gasteiger partial charge in [0, 0.05) is 23.4 Å². The Morgan fingerprint density at radius 1 is 1.11 bits per heavy atom. The van der Waals surface area contributed by atoms with E-state index in [-0.39, 0.29) is 28.0 Å². The lowest BCUT2D eigenvalue weighted by Gasteiger charge is -2.29. The maximum Gasteiger partial charge on any atom is 0.336 e. The number of benzene rings is 1. The highest BCUT2D eigenvalue weighted by molar-refractivity contribution is 6.07. The van der Waals surface area contributed by atoms with Gasteiger partial charge in [-0.3, -0.25) is 14.4 Å². The van der Waals surface area contributed by atoms with E-state index < -0.39 is 17.4 Å². The van der Waals surface area contributed by atoms with Crippen LogP contribution in [0, 0.1) is 12.3 Å². The highest BCUT2D eigenvalue weighted by Crippen LogP contribution is 2.33. The Morgan fingerprint density at radius 3 is 2.48 bits per heavy atom. The molecule has 1 heterocycles. The third kappa shape index (κ3) is 3.67. The maximum atomic E-state index is 12.5. The van der Waals surface area contributed by atoms with E-state index in [1.165, 1.54) is 12.1 Å². The largest absolute Gasteiger partial charge is 0.478 e. The van der Waals surface area contributed by atoms with Crippen LogP contribution in [0.15, 0.2) is 29.1 Å². The molecule has 0 aliphatic heterocycles. The van der Waals surface area contributed by atoms with Crippen molar-refractivity contribution in [2.75, 3.05) is 5.32 Å². The lowest BCUT2D eigenvalue weighted by molar-refractivity contribution is 0.0695. The number of H-pyrrole nitrogens is 1. The summed E-state index contributed by atoms with van der Waals surface area (Å²) < 4.78 is 0. The summed E-state index contributed by atoms with van der Waals surface area (Å²) in [5.74, 6) is -1.92. The first-order valence-electron chi connectivity index (χ1n) is 8.52. The number of carbonyl (C=O) groups excluding carboxylic acids is 2. The molecule has 7 nitrogen and oxygen atoms in total. The zero-order valence-corrected chi connectivity index (χ0v) is 15.3. The van der Waals surface area contributed by atoms with Gasteiger partial charge in [-0.25, -0.2) is 4.79 Å². The number of nitrogens with one attached hydrogen (secondary N) is 2. The third-order valence-corrected chi connectivity index (χ3v) is 4.69. The van der Waals surface area contributed by atoms with Crippen LogP contribution in [0.4, 0.5) is 5.69 Å². The molecule has 140 valence electrons. The highest BCUT2D eigenvalue weighted by Gasteiger charge is 2.32. The summed E-state index contributed by atoms with van der Waals surface area (Å²) in [6.45, 7) is 5.55. The number of fused-ring (bicyclic) bond motifs is 1. The minimum Gasteiger partial charge on any atom is -0.478 e. The van der Waals surface area contributed by atoms with Crippen molar-refractivity contribution < 1.29 is 19.5 Å². The Hall–Kier alpha value is -3.22. The zero-order chi connectivity index (χ0) is 19.9. The van der Waals surface area contributed by atoms with Gasteiger partial charge in [0.05, 0.1) is 5.56 Å². The first-order chi connectivity index (χ1) is 12.6. The molecule has 0 atom stereocenters. The second kappa shape index (κ2) is 6.50. The number of ketones is 1. The highest BCUT2D eigenvalue weighted by atomic mass is 16.4. The Kier molecular flexibility index (Phi) is 4.47. The molecule has 7 heteroatoms. The fourth-order valence-corrected chi connectivity index (χ4v) is 3.33. The molecule has 0 unspecified atom stereocenters. The Bertz CT molecular complexity index is 1030. The molecule has 1 aliphatic carbocycles. The Labute approximate surface area is 155 Å². The summed E-state index contributed by atoms with van der Waals surface area (Å²) >= 11 is 0. The predicted octanol–water partition coefficient (Wildman–Crippen LogP) is 2.79. The molecule has 0 saturated carbocycles. The van der Waals surface area contributed by atoms with Gasteiger partial charge in [0.1, 0.15) is 5.56 Å². The van der Waals surface area contributed by atoms with E-state index in [0.717, 1.165) is 0 Å². The standard InChI is InChI=1S/C20H20N2O5/c1-10-4-5-11(6-12(10)19(26)27)21-17(24)14-7-13-15(22-18(14)25)8-20(2,3)9-16(13)23/h4-7H,8-9H2,1-3H3,(H,21,24)(H,22,25)(H,26,27). The number of hydrogen-bond donors (Lipinski definition) is 3. The van der Waals surface area contributed by atoms with E-state index in [9.17, 15) is 24.3 Å². The molecule has 3 N–H and O–H groups in total. The lowest BCUT2D eigenvalue weighted by atomic mass is 9.75. The number of aryl methyl sites for hydroxylation is 1. The van der Waals surface area contributed by atoms with E-state index >= 15 is 0 Å².